The van der Waals surface area contributed by atoms with Gasteiger partial charge >= 0.3 is 5.97 Å². The Balaban J connectivity index is 1.51. The Morgan fingerprint density at radius 1 is 1.06 bits per heavy atom. The van der Waals surface area contributed by atoms with Crippen LogP contribution in [-0.4, -0.2) is 38.9 Å². The molecule has 6 nitrogen and oxygen atoms in total. The summed E-state index contributed by atoms with van der Waals surface area (Å²) in [5.41, 5.74) is 2.97. The van der Waals surface area contributed by atoms with Gasteiger partial charge < -0.3 is 10.0 Å². The summed E-state index contributed by atoms with van der Waals surface area (Å²) in [7, 11) is 0. The fourth-order valence-electron chi connectivity index (χ4n) is 5.95. The number of carboxylic acids is 1. The maximum absolute atomic E-state index is 13.6. The van der Waals surface area contributed by atoms with Crippen LogP contribution in [-0.2, 0) is 0 Å². The molecule has 0 unspecified atom stereocenters. The molecule has 1 saturated carbocycles. The van der Waals surface area contributed by atoms with Crippen LogP contribution in [0.1, 0.15) is 87.3 Å². The van der Waals surface area contributed by atoms with Crippen molar-refractivity contribution >= 4 is 22.7 Å². The van der Waals surface area contributed by atoms with Crippen LogP contribution in [0.4, 0.5) is 10.1 Å². The number of rotatable bonds is 6. The first-order chi connectivity index (χ1) is 16.9. The van der Waals surface area contributed by atoms with E-state index in [9.17, 15) is 14.3 Å². The number of carbonyl (C=O) groups is 1. The SMILES string of the molecule is CC(C)c1nn(-c2ccc(F)cc2)c2nc(C(=O)O)cc(N3CCC(CC4CCCCC4)CC3)c12. The highest BCUT2D eigenvalue weighted by Crippen LogP contribution is 2.38. The standard InChI is InChI=1S/C28H35FN4O2/c1-18(2)26-25-24(32-14-12-20(13-15-32)16-19-6-4-3-5-7-19)17-23(28(34)35)30-27(25)33(31-26)22-10-8-21(29)9-11-22/h8-11,17-20H,3-7,12-16H2,1-2H3,(H,34,35). The van der Waals surface area contributed by atoms with E-state index in [1.165, 1.54) is 50.7 Å². The third-order valence-electron chi connectivity index (χ3n) is 7.83. The van der Waals surface area contributed by atoms with Crippen LogP contribution in [0.15, 0.2) is 30.3 Å². The number of piperidine rings is 1. The topological polar surface area (TPSA) is 71.2 Å². The van der Waals surface area contributed by atoms with E-state index in [1.807, 2.05) is 0 Å². The zero-order chi connectivity index (χ0) is 24.5. The Morgan fingerprint density at radius 2 is 1.71 bits per heavy atom. The molecular formula is C28H35FN4O2. The van der Waals surface area contributed by atoms with Crippen LogP contribution in [0.5, 0.6) is 0 Å². The molecule has 0 spiro atoms. The van der Waals surface area contributed by atoms with Crippen LogP contribution in [0.2, 0.25) is 0 Å². The lowest BCUT2D eigenvalue weighted by molar-refractivity contribution is 0.0691. The van der Waals surface area contributed by atoms with Gasteiger partial charge in [-0.2, -0.15) is 5.10 Å². The summed E-state index contributed by atoms with van der Waals surface area (Å²) in [5, 5.41) is 15.6. The third-order valence-corrected chi connectivity index (χ3v) is 7.83. The summed E-state index contributed by atoms with van der Waals surface area (Å²) in [5.74, 6) is 0.368. The smallest absolute Gasteiger partial charge is 0.354 e. The molecule has 7 heteroatoms. The van der Waals surface area contributed by atoms with Gasteiger partial charge in [0.15, 0.2) is 11.3 Å². The summed E-state index contributed by atoms with van der Waals surface area (Å²) in [6.07, 6.45) is 10.5. The maximum atomic E-state index is 13.6. The molecule has 1 aromatic carbocycles. The Bertz CT molecular complexity index is 1190. The first kappa shape index (κ1) is 23.8. The van der Waals surface area contributed by atoms with Gasteiger partial charge in [-0.15, -0.1) is 0 Å². The number of hydrogen-bond donors (Lipinski definition) is 1. The average molecular weight is 479 g/mol. The van der Waals surface area contributed by atoms with Gasteiger partial charge in [0.1, 0.15) is 5.82 Å². The van der Waals surface area contributed by atoms with E-state index in [4.69, 9.17) is 5.10 Å². The van der Waals surface area contributed by atoms with Gasteiger partial charge in [0.05, 0.1) is 22.5 Å². The molecule has 5 rings (SSSR count). The Labute approximate surface area is 206 Å². The van der Waals surface area contributed by atoms with Crippen molar-refractivity contribution in [1.82, 2.24) is 14.8 Å². The normalized spacial score (nSPS) is 18.0. The van der Waals surface area contributed by atoms with E-state index in [0.29, 0.717) is 11.3 Å². The molecule has 2 aliphatic rings. The third kappa shape index (κ3) is 4.91. The van der Waals surface area contributed by atoms with Crippen molar-refractivity contribution in [1.29, 1.82) is 0 Å². The van der Waals surface area contributed by atoms with Crippen molar-refractivity contribution in [2.24, 2.45) is 11.8 Å². The van der Waals surface area contributed by atoms with Crippen LogP contribution >= 0.6 is 0 Å². The van der Waals surface area contributed by atoms with Gasteiger partial charge in [0, 0.05) is 13.1 Å². The number of hydrogen-bond acceptors (Lipinski definition) is 4. The van der Waals surface area contributed by atoms with Gasteiger partial charge in [-0.3, -0.25) is 0 Å². The minimum absolute atomic E-state index is 0.00963. The quantitative estimate of drug-likeness (QED) is 0.434. The number of carboxylic acid groups (broad SMARTS) is 1. The molecule has 0 atom stereocenters. The molecular weight excluding hydrogens is 443 g/mol. The Morgan fingerprint density at radius 3 is 2.34 bits per heavy atom. The molecule has 186 valence electrons. The molecule has 1 saturated heterocycles. The highest BCUT2D eigenvalue weighted by atomic mass is 19.1. The monoisotopic (exact) mass is 478 g/mol. The summed E-state index contributed by atoms with van der Waals surface area (Å²) < 4.78 is 15.2. The number of nitrogens with zero attached hydrogens (tertiary/aromatic N) is 4. The van der Waals surface area contributed by atoms with Gasteiger partial charge in [-0.1, -0.05) is 46.0 Å². The van der Waals surface area contributed by atoms with Crippen molar-refractivity contribution in [2.75, 3.05) is 18.0 Å². The largest absolute Gasteiger partial charge is 0.477 e. The van der Waals surface area contributed by atoms with E-state index in [0.717, 1.165) is 54.5 Å². The predicted octanol–water partition coefficient (Wildman–Crippen LogP) is 6.57. The number of pyridine rings is 1. The summed E-state index contributed by atoms with van der Waals surface area (Å²) in [6.45, 7) is 5.99. The number of aromatic nitrogens is 3. The predicted molar refractivity (Wildman–Crippen MR) is 136 cm³/mol. The number of aromatic carboxylic acids is 1. The molecule has 0 radical (unpaired) electrons. The zero-order valence-electron chi connectivity index (χ0n) is 20.7. The molecule has 0 bridgehead atoms. The summed E-state index contributed by atoms with van der Waals surface area (Å²) in [4.78, 5) is 18.9. The lowest BCUT2D eigenvalue weighted by atomic mass is 9.80. The fourth-order valence-corrected chi connectivity index (χ4v) is 5.95. The number of benzene rings is 1. The molecule has 0 amide bonds. The summed E-state index contributed by atoms with van der Waals surface area (Å²) >= 11 is 0. The number of halogens is 1. The van der Waals surface area contributed by atoms with Gasteiger partial charge in [-0.05, 0) is 67.3 Å². The second-order valence-electron chi connectivity index (χ2n) is 10.6. The van der Waals surface area contributed by atoms with E-state index in [2.05, 4.69) is 23.7 Å². The highest BCUT2D eigenvalue weighted by Gasteiger charge is 2.28. The van der Waals surface area contributed by atoms with E-state index < -0.39 is 5.97 Å². The van der Waals surface area contributed by atoms with Crippen LogP contribution in [0.3, 0.4) is 0 Å². The van der Waals surface area contributed by atoms with Gasteiger partial charge in [0.2, 0.25) is 0 Å². The summed E-state index contributed by atoms with van der Waals surface area (Å²) in [6, 6.07) is 7.79. The molecule has 3 heterocycles. The van der Waals surface area contributed by atoms with Crippen molar-refractivity contribution in [3.63, 3.8) is 0 Å². The van der Waals surface area contributed by atoms with Crippen LogP contribution in [0, 0.1) is 17.7 Å². The molecule has 35 heavy (non-hydrogen) atoms. The van der Waals surface area contributed by atoms with Crippen molar-refractivity contribution < 1.29 is 14.3 Å². The minimum atomic E-state index is -1.06. The van der Waals surface area contributed by atoms with E-state index in [-0.39, 0.29) is 17.4 Å². The fraction of sp³-hybridized carbons (Fsp3) is 0.536. The van der Waals surface area contributed by atoms with E-state index >= 15 is 0 Å². The molecule has 3 aromatic rings. The second kappa shape index (κ2) is 9.96. The minimum Gasteiger partial charge on any atom is -0.477 e. The van der Waals surface area contributed by atoms with Crippen molar-refractivity contribution in [3.05, 3.63) is 47.5 Å². The van der Waals surface area contributed by atoms with E-state index in [1.54, 1.807) is 22.9 Å². The number of anilines is 1. The first-order valence-corrected chi connectivity index (χ1v) is 13.1. The molecule has 1 aliphatic carbocycles. The molecule has 2 aromatic heterocycles. The lowest BCUT2D eigenvalue weighted by Crippen LogP contribution is -2.34. The van der Waals surface area contributed by atoms with Crippen molar-refractivity contribution in [3.8, 4) is 5.69 Å². The van der Waals surface area contributed by atoms with Crippen LogP contribution < -0.4 is 4.90 Å². The highest BCUT2D eigenvalue weighted by molar-refractivity contribution is 5.98. The van der Waals surface area contributed by atoms with Crippen LogP contribution in [0.25, 0.3) is 16.7 Å². The Hall–Kier alpha value is -2.96. The Kier molecular flexibility index (Phi) is 6.76. The zero-order valence-corrected chi connectivity index (χ0v) is 20.7. The maximum Gasteiger partial charge on any atom is 0.354 e. The molecule has 1 aliphatic heterocycles. The van der Waals surface area contributed by atoms with Gasteiger partial charge in [-0.25, -0.2) is 18.9 Å². The lowest BCUT2D eigenvalue weighted by Gasteiger charge is -2.36. The van der Waals surface area contributed by atoms with Gasteiger partial charge in [0.25, 0.3) is 0 Å². The first-order valence-electron chi connectivity index (χ1n) is 13.1. The van der Waals surface area contributed by atoms with Crippen molar-refractivity contribution in [2.45, 2.75) is 71.1 Å². The molecule has 2 fully saturated rings. The number of fused-ring (bicyclic) bond motifs is 1. The second-order valence-corrected chi connectivity index (χ2v) is 10.6. The average Bonchev–Trinajstić information content (AvgIpc) is 3.25. The molecule has 1 N–H and O–H groups in total.